The van der Waals surface area contributed by atoms with Crippen LogP contribution in [0.4, 0.5) is 0 Å². The average Bonchev–Trinajstić information content (AvgIpc) is 2.67. The number of thiazole rings is 1. The van der Waals surface area contributed by atoms with Gasteiger partial charge in [-0.15, -0.1) is 0 Å². The van der Waals surface area contributed by atoms with E-state index in [-0.39, 0.29) is 12.1 Å². The van der Waals surface area contributed by atoms with Gasteiger partial charge in [-0.1, -0.05) is 11.3 Å². The number of aliphatic hydroxyl groups excluding tert-OH is 1. The summed E-state index contributed by atoms with van der Waals surface area (Å²) in [6.07, 6.45) is 1.55. The number of nitrogens with zero attached hydrogens (tertiary/aromatic N) is 1. The van der Waals surface area contributed by atoms with E-state index in [0.717, 1.165) is 25.1 Å². The number of piperidine rings is 1. The van der Waals surface area contributed by atoms with Crippen LogP contribution in [0.25, 0.3) is 0 Å². The molecule has 2 atom stereocenters. The van der Waals surface area contributed by atoms with Gasteiger partial charge in [0.15, 0.2) is 0 Å². The molecule has 1 aromatic rings. The smallest absolute Gasteiger partial charge is 0.273 e. The summed E-state index contributed by atoms with van der Waals surface area (Å²) < 4.78 is 5.02. The van der Waals surface area contributed by atoms with Crippen molar-refractivity contribution in [3.63, 3.8) is 0 Å². The first-order valence-electron chi connectivity index (χ1n) is 4.72. The Morgan fingerprint density at radius 3 is 3.21 bits per heavy atom. The van der Waals surface area contributed by atoms with Crippen molar-refractivity contribution in [2.45, 2.75) is 25.0 Å². The van der Waals surface area contributed by atoms with Gasteiger partial charge in [-0.2, -0.15) is 0 Å². The third-order valence-electron chi connectivity index (χ3n) is 2.42. The third kappa shape index (κ3) is 1.89. The summed E-state index contributed by atoms with van der Waals surface area (Å²) >= 11 is 1.46. The molecule has 1 aliphatic heterocycles. The Morgan fingerprint density at radius 1 is 1.71 bits per heavy atom. The lowest BCUT2D eigenvalue weighted by Crippen LogP contribution is -2.37. The van der Waals surface area contributed by atoms with Gasteiger partial charge in [0.05, 0.1) is 24.9 Å². The lowest BCUT2D eigenvalue weighted by molar-refractivity contribution is 0.0948. The first-order chi connectivity index (χ1) is 6.81. The number of methoxy groups -OCH3 is 1. The van der Waals surface area contributed by atoms with Crippen LogP contribution in [0, 0.1) is 0 Å². The molecule has 2 rings (SSSR count). The molecule has 0 spiro atoms. The molecule has 2 unspecified atom stereocenters. The first-order valence-corrected chi connectivity index (χ1v) is 5.60. The van der Waals surface area contributed by atoms with E-state index in [9.17, 15) is 5.11 Å². The molecule has 78 valence electrons. The minimum atomic E-state index is -0.324. The minimum absolute atomic E-state index is 0.0242. The Morgan fingerprint density at radius 2 is 2.57 bits per heavy atom. The predicted molar refractivity (Wildman–Crippen MR) is 54.7 cm³/mol. The summed E-state index contributed by atoms with van der Waals surface area (Å²) in [5.41, 5.74) is 0.888. The van der Waals surface area contributed by atoms with Crippen LogP contribution in [0.5, 0.6) is 5.19 Å². The van der Waals surface area contributed by atoms with E-state index >= 15 is 0 Å². The Balaban J connectivity index is 2.12. The second kappa shape index (κ2) is 4.25. The van der Waals surface area contributed by atoms with E-state index in [1.165, 1.54) is 11.3 Å². The molecule has 2 N–H and O–H groups in total. The number of hydrogen-bond donors (Lipinski definition) is 2. The summed E-state index contributed by atoms with van der Waals surface area (Å²) in [6.45, 7) is 0.946. The van der Waals surface area contributed by atoms with Gasteiger partial charge in [0.2, 0.25) is 0 Å². The van der Waals surface area contributed by atoms with Gasteiger partial charge in [0.25, 0.3) is 5.19 Å². The highest BCUT2D eigenvalue weighted by Gasteiger charge is 2.26. The van der Waals surface area contributed by atoms with Crippen LogP contribution in [0.1, 0.15) is 24.6 Å². The van der Waals surface area contributed by atoms with Crippen LogP contribution in [0.3, 0.4) is 0 Å². The van der Waals surface area contributed by atoms with Gasteiger partial charge in [-0.05, 0) is 19.4 Å². The zero-order chi connectivity index (χ0) is 9.97. The maximum absolute atomic E-state index is 9.77. The number of aliphatic hydroxyl groups is 1. The molecule has 0 bridgehead atoms. The molecule has 14 heavy (non-hydrogen) atoms. The van der Waals surface area contributed by atoms with Crippen molar-refractivity contribution < 1.29 is 9.84 Å². The van der Waals surface area contributed by atoms with Crippen LogP contribution >= 0.6 is 11.3 Å². The second-order valence-corrected chi connectivity index (χ2v) is 4.20. The molecule has 0 aromatic carbocycles. The van der Waals surface area contributed by atoms with Gasteiger partial charge >= 0.3 is 0 Å². The van der Waals surface area contributed by atoms with Crippen molar-refractivity contribution in [3.05, 3.63) is 11.1 Å². The highest BCUT2D eigenvalue weighted by molar-refractivity contribution is 7.11. The van der Waals surface area contributed by atoms with Crippen molar-refractivity contribution in [3.8, 4) is 5.19 Å². The number of aromatic nitrogens is 1. The summed E-state index contributed by atoms with van der Waals surface area (Å²) in [5, 5.41) is 15.6. The zero-order valence-corrected chi connectivity index (χ0v) is 8.88. The Labute approximate surface area is 86.9 Å². The first kappa shape index (κ1) is 9.89. The number of nitrogens with one attached hydrogen (secondary N) is 1. The summed E-state index contributed by atoms with van der Waals surface area (Å²) in [6, 6.07) is -0.0242. The van der Waals surface area contributed by atoms with Gasteiger partial charge in [0.1, 0.15) is 0 Å². The van der Waals surface area contributed by atoms with E-state index in [1.54, 1.807) is 7.11 Å². The number of rotatable bonds is 2. The molecule has 5 heteroatoms. The fraction of sp³-hybridized carbons (Fsp3) is 0.667. The quantitative estimate of drug-likeness (QED) is 0.769. The van der Waals surface area contributed by atoms with Crippen molar-refractivity contribution in [1.29, 1.82) is 0 Å². The maximum atomic E-state index is 9.77. The molecule has 0 amide bonds. The Hall–Kier alpha value is -0.650. The molecular formula is C9H14N2O2S. The Bertz CT molecular complexity index is 303. The van der Waals surface area contributed by atoms with E-state index in [2.05, 4.69) is 10.3 Å². The third-order valence-corrected chi connectivity index (χ3v) is 3.24. The normalized spacial score (nSPS) is 27.6. The van der Waals surface area contributed by atoms with Crippen LogP contribution in [-0.2, 0) is 0 Å². The Kier molecular flexibility index (Phi) is 3.00. The van der Waals surface area contributed by atoms with E-state index in [4.69, 9.17) is 4.74 Å². The van der Waals surface area contributed by atoms with E-state index in [1.807, 2.05) is 5.38 Å². The fourth-order valence-corrected chi connectivity index (χ4v) is 2.35. The van der Waals surface area contributed by atoms with Crippen molar-refractivity contribution >= 4 is 11.3 Å². The second-order valence-electron chi connectivity index (χ2n) is 3.38. The van der Waals surface area contributed by atoms with Crippen molar-refractivity contribution in [2.24, 2.45) is 0 Å². The van der Waals surface area contributed by atoms with Gasteiger partial charge in [0, 0.05) is 5.38 Å². The molecule has 1 aromatic heterocycles. The number of hydrogen-bond acceptors (Lipinski definition) is 5. The maximum Gasteiger partial charge on any atom is 0.273 e. The monoisotopic (exact) mass is 214 g/mol. The number of ether oxygens (including phenoxy) is 1. The summed E-state index contributed by atoms with van der Waals surface area (Å²) in [4.78, 5) is 4.28. The molecule has 0 saturated carbocycles. The molecule has 1 saturated heterocycles. The van der Waals surface area contributed by atoms with Crippen LogP contribution in [-0.4, -0.2) is 29.8 Å². The predicted octanol–water partition coefficient (Wildman–Crippen LogP) is 0.937. The van der Waals surface area contributed by atoms with Crippen molar-refractivity contribution in [2.75, 3.05) is 13.7 Å². The van der Waals surface area contributed by atoms with Crippen LogP contribution < -0.4 is 10.1 Å². The van der Waals surface area contributed by atoms with E-state index < -0.39 is 0 Å². The van der Waals surface area contributed by atoms with Gasteiger partial charge < -0.3 is 15.2 Å². The zero-order valence-electron chi connectivity index (χ0n) is 8.06. The van der Waals surface area contributed by atoms with Crippen LogP contribution in [0.2, 0.25) is 0 Å². The molecule has 4 nitrogen and oxygen atoms in total. The fourth-order valence-electron chi connectivity index (χ4n) is 1.68. The lowest BCUT2D eigenvalue weighted by atomic mass is 9.99. The SMILES string of the molecule is COc1nc(C2NCCCC2O)cs1. The van der Waals surface area contributed by atoms with Crippen LogP contribution in [0.15, 0.2) is 5.38 Å². The molecule has 0 radical (unpaired) electrons. The lowest BCUT2D eigenvalue weighted by Gasteiger charge is -2.27. The summed E-state index contributed by atoms with van der Waals surface area (Å²) in [5.74, 6) is 0. The highest BCUT2D eigenvalue weighted by atomic mass is 32.1. The topological polar surface area (TPSA) is 54.4 Å². The average molecular weight is 214 g/mol. The molecule has 1 fully saturated rings. The molecule has 1 aliphatic rings. The molecule has 0 aliphatic carbocycles. The molecule has 2 heterocycles. The van der Waals surface area contributed by atoms with Crippen molar-refractivity contribution in [1.82, 2.24) is 10.3 Å². The highest BCUT2D eigenvalue weighted by Crippen LogP contribution is 2.27. The van der Waals surface area contributed by atoms with E-state index in [0.29, 0.717) is 5.19 Å². The summed E-state index contributed by atoms with van der Waals surface area (Å²) in [7, 11) is 1.60. The standard InChI is InChI=1S/C9H14N2O2S/c1-13-9-11-6(5-14-9)8-7(12)3-2-4-10-8/h5,7-8,10,12H,2-4H2,1H3. The van der Waals surface area contributed by atoms with Gasteiger partial charge in [-0.25, -0.2) is 4.98 Å². The molecular weight excluding hydrogens is 200 g/mol. The van der Waals surface area contributed by atoms with Gasteiger partial charge in [-0.3, -0.25) is 0 Å². The largest absolute Gasteiger partial charge is 0.473 e. The minimum Gasteiger partial charge on any atom is -0.473 e.